The lowest BCUT2D eigenvalue weighted by atomic mass is 9.88. The molecule has 0 saturated carbocycles. The summed E-state index contributed by atoms with van der Waals surface area (Å²) in [4.78, 5) is 27.1. The second-order valence-electron chi connectivity index (χ2n) is 3.14. The van der Waals surface area contributed by atoms with E-state index >= 15 is 0 Å². The summed E-state index contributed by atoms with van der Waals surface area (Å²) in [6, 6.07) is 6.86. The number of hydrogen-bond donors (Lipinski definition) is 0. The highest BCUT2D eigenvalue weighted by atomic mass is 16.1. The monoisotopic (exact) mass is 187 g/mol. The van der Waals surface area contributed by atoms with Crippen molar-refractivity contribution in [1.29, 1.82) is 0 Å². The quantitative estimate of drug-likeness (QED) is 0.618. The van der Waals surface area contributed by atoms with Crippen molar-refractivity contribution in [2.45, 2.75) is 6.42 Å². The molecule has 0 unspecified atom stereocenters. The second kappa shape index (κ2) is 3.18. The third-order valence-corrected chi connectivity index (χ3v) is 2.33. The molecule has 0 fully saturated rings. The third-order valence-electron chi connectivity index (χ3n) is 2.33. The molecule has 0 heterocycles. The fourth-order valence-corrected chi connectivity index (χ4v) is 1.59. The predicted molar refractivity (Wildman–Crippen MR) is 53.1 cm³/mol. The van der Waals surface area contributed by atoms with E-state index in [0.717, 1.165) is 0 Å². The van der Waals surface area contributed by atoms with Gasteiger partial charge in [0.15, 0.2) is 5.78 Å². The summed E-state index contributed by atoms with van der Waals surface area (Å²) in [7, 11) is 1.54. The van der Waals surface area contributed by atoms with Crippen molar-refractivity contribution in [3.63, 3.8) is 0 Å². The van der Waals surface area contributed by atoms with Gasteiger partial charge in [-0.1, -0.05) is 24.3 Å². The van der Waals surface area contributed by atoms with E-state index in [9.17, 15) is 9.59 Å². The van der Waals surface area contributed by atoms with Gasteiger partial charge in [0.2, 0.25) is 5.78 Å². The highest BCUT2D eigenvalue weighted by Crippen LogP contribution is 2.19. The molecule has 0 bridgehead atoms. The fraction of sp³-hybridized carbons (Fsp3) is 0.182. The average molecular weight is 187 g/mol. The summed E-state index contributed by atoms with van der Waals surface area (Å²) in [5, 5.41) is 0. The lowest BCUT2D eigenvalue weighted by Crippen LogP contribution is -2.26. The van der Waals surface area contributed by atoms with Crippen LogP contribution in [0.25, 0.3) is 0 Å². The third kappa shape index (κ3) is 1.18. The van der Waals surface area contributed by atoms with E-state index < -0.39 is 0 Å². The molecule has 0 N–H and O–H groups in total. The van der Waals surface area contributed by atoms with Crippen molar-refractivity contribution in [2.75, 3.05) is 7.05 Å². The molecule has 70 valence electrons. The lowest BCUT2D eigenvalue weighted by Gasteiger charge is -2.14. The van der Waals surface area contributed by atoms with E-state index in [0.29, 0.717) is 16.8 Å². The summed E-state index contributed by atoms with van der Waals surface area (Å²) in [5.74, 6) is -0.150. The van der Waals surface area contributed by atoms with Crippen LogP contribution in [0.4, 0.5) is 0 Å². The molecule has 1 aromatic rings. The molecule has 0 aromatic heterocycles. The molecule has 0 amide bonds. The fourth-order valence-electron chi connectivity index (χ4n) is 1.59. The van der Waals surface area contributed by atoms with Gasteiger partial charge in [0.25, 0.3) is 0 Å². The molecule has 0 spiro atoms. The van der Waals surface area contributed by atoms with Crippen LogP contribution in [0.1, 0.15) is 27.1 Å². The maximum atomic E-state index is 11.7. The van der Waals surface area contributed by atoms with Gasteiger partial charge in [-0.05, 0) is 0 Å². The minimum absolute atomic E-state index is 0.0270. The van der Waals surface area contributed by atoms with Crippen LogP contribution < -0.4 is 0 Å². The molecule has 0 radical (unpaired) electrons. The Bertz CT molecular complexity index is 446. The number of aliphatic imine (C=N–C) groups is 1. The van der Waals surface area contributed by atoms with Gasteiger partial charge in [-0.2, -0.15) is 0 Å². The van der Waals surface area contributed by atoms with Crippen LogP contribution in [0.15, 0.2) is 29.3 Å². The molecular weight excluding hydrogens is 178 g/mol. The molecular formula is C11H9NO2. The highest BCUT2D eigenvalue weighted by molar-refractivity contribution is 6.52. The van der Waals surface area contributed by atoms with Crippen molar-refractivity contribution >= 4 is 17.3 Å². The summed E-state index contributed by atoms with van der Waals surface area (Å²) in [6.45, 7) is 0. The Hall–Kier alpha value is -1.77. The zero-order valence-corrected chi connectivity index (χ0v) is 7.78. The Morgan fingerprint density at radius 2 is 1.79 bits per heavy atom. The molecule has 2 rings (SSSR count). The van der Waals surface area contributed by atoms with Crippen molar-refractivity contribution in [1.82, 2.24) is 0 Å². The Balaban J connectivity index is 2.63. The van der Waals surface area contributed by atoms with Crippen LogP contribution in [0.5, 0.6) is 0 Å². The van der Waals surface area contributed by atoms with E-state index in [1.54, 1.807) is 24.3 Å². The van der Waals surface area contributed by atoms with Crippen molar-refractivity contribution in [3.05, 3.63) is 35.4 Å². The van der Waals surface area contributed by atoms with E-state index in [2.05, 4.69) is 4.99 Å². The van der Waals surface area contributed by atoms with Crippen molar-refractivity contribution in [2.24, 2.45) is 4.99 Å². The van der Waals surface area contributed by atoms with Crippen molar-refractivity contribution in [3.8, 4) is 0 Å². The van der Waals surface area contributed by atoms with E-state index in [1.165, 1.54) is 7.05 Å². The molecule has 14 heavy (non-hydrogen) atoms. The Kier molecular flexibility index (Phi) is 2.00. The van der Waals surface area contributed by atoms with Gasteiger partial charge in [0, 0.05) is 18.2 Å². The first kappa shape index (κ1) is 8.81. The zero-order valence-electron chi connectivity index (χ0n) is 7.78. The van der Waals surface area contributed by atoms with Gasteiger partial charge in [0.05, 0.1) is 12.1 Å². The van der Waals surface area contributed by atoms with Gasteiger partial charge in [-0.25, -0.2) is 0 Å². The first-order valence-electron chi connectivity index (χ1n) is 4.36. The molecule has 3 nitrogen and oxygen atoms in total. The molecule has 3 heteroatoms. The minimum atomic E-state index is -0.122. The van der Waals surface area contributed by atoms with Crippen molar-refractivity contribution < 1.29 is 9.59 Å². The second-order valence-corrected chi connectivity index (χ2v) is 3.14. The Labute approximate surface area is 81.5 Å². The molecule has 1 aromatic carbocycles. The number of fused-ring (bicyclic) bond motifs is 1. The van der Waals surface area contributed by atoms with Crippen LogP contribution in [0.2, 0.25) is 0 Å². The number of hydrogen-bond acceptors (Lipinski definition) is 3. The van der Waals surface area contributed by atoms with Gasteiger partial charge < -0.3 is 0 Å². The lowest BCUT2D eigenvalue weighted by molar-refractivity contribution is 0.0965. The largest absolute Gasteiger partial charge is 0.294 e. The molecule has 1 aliphatic rings. The standard InChI is InChI=1S/C11H9NO2/c1-12-9-6-10(13)7-4-2-3-5-8(7)11(9)14/h2-5H,6H2,1H3. The topological polar surface area (TPSA) is 46.5 Å². The van der Waals surface area contributed by atoms with Gasteiger partial charge in [0.1, 0.15) is 0 Å². The van der Waals surface area contributed by atoms with Gasteiger partial charge in [-0.15, -0.1) is 0 Å². The van der Waals surface area contributed by atoms with Crippen LogP contribution >= 0.6 is 0 Å². The number of carbonyl (C=O) groups is 2. The summed E-state index contributed by atoms with van der Waals surface area (Å²) >= 11 is 0. The number of carbonyl (C=O) groups excluding carboxylic acids is 2. The van der Waals surface area contributed by atoms with Crippen LogP contribution in [-0.2, 0) is 0 Å². The summed E-state index contributed by atoms with van der Waals surface area (Å²) in [6.07, 6.45) is 0.131. The number of nitrogens with zero attached hydrogens (tertiary/aromatic N) is 1. The zero-order chi connectivity index (χ0) is 10.1. The van der Waals surface area contributed by atoms with Gasteiger partial charge >= 0.3 is 0 Å². The number of Topliss-reactive ketones (excluding diaryl/α,β-unsaturated/α-hetero) is 2. The molecule has 1 aliphatic carbocycles. The maximum Gasteiger partial charge on any atom is 0.207 e. The maximum absolute atomic E-state index is 11.7. The summed E-state index contributed by atoms with van der Waals surface area (Å²) in [5.41, 5.74) is 1.35. The Morgan fingerprint density at radius 1 is 1.14 bits per heavy atom. The SMILES string of the molecule is CN=C1CC(=O)c2ccccc2C1=O. The van der Waals surface area contributed by atoms with E-state index in [-0.39, 0.29) is 18.0 Å². The first-order valence-corrected chi connectivity index (χ1v) is 4.36. The smallest absolute Gasteiger partial charge is 0.207 e. The van der Waals surface area contributed by atoms with Gasteiger partial charge in [-0.3, -0.25) is 14.6 Å². The highest BCUT2D eigenvalue weighted by Gasteiger charge is 2.27. The molecule has 0 aliphatic heterocycles. The number of rotatable bonds is 0. The van der Waals surface area contributed by atoms with Crippen LogP contribution in [0.3, 0.4) is 0 Å². The predicted octanol–water partition coefficient (Wildman–Crippen LogP) is 1.53. The van der Waals surface area contributed by atoms with E-state index in [1.807, 2.05) is 0 Å². The molecule has 0 atom stereocenters. The van der Waals surface area contributed by atoms with Crippen LogP contribution in [-0.4, -0.2) is 24.3 Å². The first-order chi connectivity index (χ1) is 6.74. The molecule has 0 saturated heterocycles. The summed E-state index contributed by atoms with van der Waals surface area (Å²) < 4.78 is 0. The number of benzene rings is 1. The average Bonchev–Trinajstić information content (AvgIpc) is 2.23. The van der Waals surface area contributed by atoms with E-state index in [4.69, 9.17) is 0 Å². The Morgan fingerprint density at radius 3 is 2.43 bits per heavy atom. The normalized spacial score (nSPS) is 18.5. The minimum Gasteiger partial charge on any atom is -0.294 e. The number of ketones is 2. The van der Waals surface area contributed by atoms with Crippen LogP contribution in [0, 0.1) is 0 Å².